The van der Waals surface area contributed by atoms with Crippen LogP contribution < -0.4 is 9.04 Å². The Balaban J connectivity index is 1.65. The average molecular weight is 360 g/mol. The smallest absolute Gasteiger partial charge is 0.232 e. The van der Waals surface area contributed by atoms with Gasteiger partial charge in [-0.2, -0.15) is 0 Å². The van der Waals surface area contributed by atoms with Crippen LogP contribution in [0.5, 0.6) is 5.75 Å². The zero-order valence-electron chi connectivity index (χ0n) is 14.5. The fraction of sp³-hybridized carbons (Fsp3) is 0.421. The van der Waals surface area contributed by atoms with Crippen molar-refractivity contribution in [2.24, 2.45) is 5.92 Å². The van der Waals surface area contributed by atoms with E-state index in [9.17, 15) is 8.42 Å². The molecule has 3 rings (SSSR count). The highest BCUT2D eigenvalue weighted by molar-refractivity contribution is 7.92. The predicted octanol–water partition coefficient (Wildman–Crippen LogP) is 3.27. The highest BCUT2D eigenvalue weighted by Gasteiger charge is 2.19. The van der Waals surface area contributed by atoms with E-state index in [1.807, 2.05) is 30.3 Å². The van der Waals surface area contributed by atoms with Crippen LogP contribution in [0, 0.1) is 5.92 Å². The van der Waals surface area contributed by atoms with Crippen molar-refractivity contribution in [2.75, 3.05) is 23.7 Å². The van der Waals surface area contributed by atoms with E-state index >= 15 is 0 Å². The Morgan fingerprint density at radius 1 is 1.16 bits per heavy atom. The van der Waals surface area contributed by atoms with Crippen LogP contribution in [0.25, 0.3) is 0 Å². The van der Waals surface area contributed by atoms with Gasteiger partial charge in [0, 0.05) is 24.9 Å². The molecule has 1 aliphatic carbocycles. The summed E-state index contributed by atoms with van der Waals surface area (Å²) < 4.78 is 31.5. The van der Waals surface area contributed by atoms with Crippen molar-refractivity contribution in [3.8, 4) is 5.75 Å². The molecule has 0 radical (unpaired) electrons. The largest absolute Gasteiger partial charge is 0.493 e. The van der Waals surface area contributed by atoms with E-state index in [1.54, 1.807) is 18.3 Å². The minimum Gasteiger partial charge on any atom is -0.493 e. The Hall–Kier alpha value is -2.08. The monoisotopic (exact) mass is 360 g/mol. The lowest BCUT2D eigenvalue weighted by atomic mass is 9.86. The molecule has 1 saturated carbocycles. The molecule has 0 spiro atoms. The third kappa shape index (κ3) is 4.95. The van der Waals surface area contributed by atoms with E-state index < -0.39 is 10.0 Å². The zero-order chi connectivity index (χ0) is 17.7. The average Bonchev–Trinajstić information content (AvgIpc) is 2.55. The number of aromatic nitrogens is 1. The lowest BCUT2D eigenvalue weighted by molar-refractivity contribution is 0.180. The van der Waals surface area contributed by atoms with E-state index in [4.69, 9.17) is 4.74 Å². The van der Waals surface area contributed by atoms with Crippen molar-refractivity contribution in [3.63, 3.8) is 0 Å². The third-order valence-corrected chi connectivity index (χ3v) is 5.73. The molecule has 1 fully saturated rings. The molecule has 2 aromatic rings. The number of nitrogens with zero attached hydrogens (tertiary/aromatic N) is 2. The lowest BCUT2D eigenvalue weighted by Crippen LogP contribution is -2.32. The van der Waals surface area contributed by atoms with Gasteiger partial charge in [0.05, 0.1) is 18.6 Å². The molecule has 0 saturated heterocycles. The molecule has 6 heteroatoms. The second kappa shape index (κ2) is 7.87. The summed E-state index contributed by atoms with van der Waals surface area (Å²) >= 11 is 0. The van der Waals surface area contributed by atoms with Gasteiger partial charge in [-0.1, -0.05) is 12.5 Å². The molecule has 1 aromatic heterocycles. The summed E-state index contributed by atoms with van der Waals surface area (Å²) in [6, 6.07) is 12.9. The van der Waals surface area contributed by atoms with Crippen molar-refractivity contribution in [3.05, 3.63) is 54.4 Å². The molecule has 5 nitrogen and oxygen atoms in total. The van der Waals surface area contributed by atoms with E-state index in [-0.39, 0.29) is 0 Å². The van der Waals surface area contributed by atoms with Crippen LogP contribution in [0.4, 0.5) is 5.69 Å². The number of benzene rings is 1. The fourth-order valence-electron chi connectivity index (χ4n) is 2.83. The highest BCUT2D eigenvalue weighted by atomic mass is 32.2. The molecule has 1 heterocycles. The summed E-state index contributed by atoms with van der Waals surface area (Å²) in [5.74, 6) is 1.46. The fourth-order valence-corrected chi connectivity index (χ4v) is 3.76. The summed E-state index contributed by atoms with van der Waals surface area (Å²) in [4.78, 5) is 4.25. The number of ether oxygens (including phenoxy) is 1. The first-order chi connectivity index (χ1) is 12.0. The minimum absolute atomic E-state index is 0.359. The summed E-state index contributed by atoms with van der Waals surface area (Å²) in [5, 5.41) is 0. The van der Waals surface area contributed by atoms with Crippen LogP contribution in [0.15, 0.2) is 48.7 Å². The SMILES string of the molecule is CS(=O)(=O)N(CCc1ccccn1)c1ccc(OCC2CCC2)cc1. The van der Waals surface area contributed by atoms with Crippen LogP contribution in [-0.4, -0.2) is 32.8 Å². The van der Waals surface area contributed by atoms with E-state index in [0.717, 1.165) is 18.1 Å². The van der Waals surface area contributed by atoms with Crippen molar-refractivity contribution in [2.45, 2.75) is 25.7 Å². The van der Waals surface area contributed by atoms with Crippen LogP contribution in [-0.2, 0) is 16.4 Å². The maximum absolute atomic E-state index is 12.2. The topological polar surface area (TPSA) is 59.5 Å². The van der Waals surface area contributed by atoms with E-state index in [0.29, 0.717) is 24.6 Å². The van der Waals surface area contributed by atoms with Gasteiger partial charge in [-0.15, -0.1) is 0 Å². The second-order valence-electron chi connectivity index (χ2n) is 6.51. The molecule has 1 aromatic carbocycles. The molecule has 134 valence electrons. The molecule has 0 unspecified atom stereocenters. The number of hydrogen-bond donors (Lipinski definition) is 0. The number of hydrogen-bond acceptors (Lipinski definition) is 4. The van der Waals surface area contributed by atoms with Crippen LogP contribution >= 0.6 is 0 Å². The number of rotatable bonds is 8. The first-order valence-electron chi connectivity index (χ1n) is 8.63. The Morgan fingerprint density at radius 3 is 2.48 bits per heavy atom. The maximum atomic E-state index is 12.2. The van der Waals surface area contributed by atoms with Crippen LogP contribution in [0.1, 0.15) is 25.0 Å². The second-order valence-corrected chi connectivity index (χ2v) is 8.41. The normalized spacial score (nSPS) is 14.8. The number of anilines is 1. The molecule has 1 aliphatic rings. The minimum atomic E-state index is -3.36. The molecule has 0 N–H and O–H groups in total. The lowest BCUT2D eigenvalue weighted by Gasteiger charge is -2.25. The molecule has 0 bridgehead atoms. The van der Waals surface area contributed by atoms with Crippen molar-refractivity contribution < 1.29 is 13.2 Å². The Bertz CT molecular complexity index is 772. The first-order valence-corrected chi connectivity index (χ1v) is 10.5. The Labute approximate surface area is 149 Å². The van der Waals surface area contributed by atoms with Gasteiger partial charge >= 0.3 is 0 Å². The maximum Gasteiger partial charge on any atom is 0.232 e. The summed E-state index contributed by atoms with van der Waals surface area (Å²) in [7, 11) is -3.36. The summed E-state index contributed by atoms with van der Waals surface area (Å²) in [5.41, 5.74) is 1.52. The van der Waals surface area contributed by atoms with Crippen molar-refractivity contribution in [1.82, 2.24) is 4.98 Å². The van der Waals surface area contributed by atoms with Gasteiger partial charge in [-0.05, 0) is 55.2 Å². The van der Waals surface area contributed by atoms with Gasteiger partial charge in [-0.25, -0.2) is 8.42 Å². The quantitative estimate of drug-likeness (QED) is 0.725. The third-order valence-electron chi connectivity index (χ3n) is 4.53. The van der Waals surface area contributed by atoms with Crippen molar-refractivity contribution >= 4 is 15.7 Å². The van der Waals surface area contributed by atoms with Gasteiger partial charge in [0.1, 0.15) is 5.75 Å². The summed E-state index contributed by atoms with van der Waals surface area (Å²) in [6.07, 6.45) is 7.29. The van der Waals surface area contributed by atoms with Gasteiger partial charge < -0.3 is 4.74 Å². The molecule has 0 atom stereocenters. The van der Waals surface area contributed by atoms with Crippen LogP contribution in [0.2, 0.25) is 0 Å². The standard InChI is InChI=1S/C19H24N2O3S/c1-25(22,23)21(14-12-17-7-2-3-13-20-17)18-8-10-19(11-9-18)24-15-16-5-4-6-16/h2-3,7-11,13,16H,4-6,12,14-15H2,1H3. The molecule has 0 aliphatic heterocycles. The van der Waals surface area contributed by atoms with Gasteiger partial charge in [0.15, 0.2) is 0 Å². The number of sulfonamides is 1. The van der Waals surface area contributed by atoms with E-state index in [2.05, 4.69) is 4.98 Å². The molecular formula is C19H24N2O3S. The highest BCUT2D eigenvalue weighted by Crippen LogP contribution is 2.28. The molecular weight excluding hydrogens is 336 g/mol. The summed E-state index contributed by atoms with van der Waals surface area (Å²) in [6.45, 7) is 1.10. The predicted molar refractivity (Wildman–Crippen MR) is 99.4 cm³/mol. The van der Waals surface area contributed by atoms with E-state index in [1.165, 1.54) is 29.8 Å². The zero-order valence-corrected chi connectivity index (χ0v) is 15.3. The molecule has 0 amide bonds. The Kier molecular flexibility index (Phi) is 5.58. The van der Waals surface area contributed by atoms with Gasteiger partial charge in [0.25, 0.3) is 0 Å². The first kappa shape index (κ1) is 17.7. The van der Waals surface area contributed by atoms with Crippen molar-refractivity contribution in [1.29, 1.82) is 0 Å². The Morgan fingerprint density at radius 2 is 1.92 bits per heavy atom. The van der Waals surface area contributed by atoms with Gasteiger partial charge in [0.2, 0.25) is 10.0 Å². The number of pyridine rings is 1. The van der Waals surface area contributed by atoms with Gasteiger partial charge in [-0.3, -0.25) is 9.29 Å². The van der Waals surface area contributed by atoms with Crippen LogP contribution in [0.3, 0.4) is 0 Å². The molecule has 25 heavy (non-hydrogen) atoms.